The van der Waals surface area contributed by atoms with E-state index in [2.05, 4.69) is 12.2 Å². The molecule has 142 valence electrons. The predicted molar refractivity (Wildman–Crippen MR) is 103 cm³/mol. The van der Waals surface area contributed by atoms with Gasteiger partial charge in [-0.1, -0.05) is 97.3 Å². The second kappa shape index (κ2) is 18.5. The molecule has 0 rings (SSSR count). The van der Waals surface area contributed by atoms with Gasteiger partial charge in [0, 0.05) is 13.0 Å². The van der Waals surface area contributed by atoms with E-state index in [4.69, 9.17) is 0 Å². The molecule has 3 nitrogen and oxygen atoms in total. The van der Waals surface area contributed by atoms with Crippen LogP contribution in [0.1, 0.15) is 117 Å². The molecule has 0 aromatic heterocycles. The fourth-order valence-electron chi connectivity index (χ4n) is 2.93. The van der Waals surface area contributed by atoms with Crippen molar-refractivity contribution < 1.29 is 9.59 Å². The summed E-state index contributed by atoms with van der Waals surface area (Å²) in [7, 11) is 0. The lowest BCUT2D eigenvalue weighted by molar-refractivity contribution is -0.137. The highest BCUT2D eigenvalue weighted by Gasteiger charge is 2.11. The molecular formula is C21H41NO2. The van der Waals surface area contributed by atoms with E-state index in [9.17, 15) is 9.59 Å². The van der Waals surface area contributed by atoms with Crippen molar-refractivity contribution >= 4 is 11.7 Å². The summed E-state index contributed by atoms with van der Waals surface area (Å²) in [5, 5.41) is 2.64. The highest BCUT2D eigenvalue weighted by Crippen LogP contribution is 2.13. The number of amides is 1. The van der Waals surface area contributed by atoms with Crippen LogP contribution in [0, 0.1) is 0 Å². The van der Waals surface area contributed by atoms with Crippen LogP contribution in [0.25, 0.3) is 0 Å². The molecule has 1 amide bonds. The van der Waals surface area contributed by atoms with Crippen molar-refractivity contribution in [1.82, 2.24) is 5.32 Å². The van der Waals surface area contributed by atoms with E-state index in [0.29, 0.717) is 13.0 Å². The molecule has 0 saturated heterocycles. The number of hydrogen-bond acceptors (Lipinski definition) is 2. The van der Waals surface area contributed by atoms with Crippen molar-refractivity contribution in [2.24, 2.45) is 0 Å². The van der Waals surface area contributed by atoms with Crippen LogP contribution in [0.3, 0.4) is 0 Å². The molecule has 0 aliphatic heterocycles. The van der Waals surface area contributed by atoms with Crippen LogP contribution in [0.5, 0.6) is 0 Å². The van der Waals surface area contributed by atoms with E-state index < -0.39 is 5.91 Å². The zero-order valence-corrected chi connectivity index (χ0v) is 16.3. The molecule has 1 N–H and O–H groups in total. The lowest BCUT2D eigenvalue weighted by atomic mass is 10.0. The Bertz CT molecular complexity index is 302. The van der Waals surface area contributed by atoms with Crippen molar-refractivity contribution in [2.75, 3.05) is 6.54 Å². The van der Waals surface area contributed by atoms with Gasteiger partial charge in [-0.15, -0.1) is 0 Å². The lowest BCUT2D eigenvalue weighted by Crippen LogP contribution is -2.31. The summed E-state index contributed by atoms with van der Waals surface area (Å²) in [5.74, 6) is -0.645. The van der Waals surface area contributed by atoms with Crippen LogP contribution >= 0.6 is 0 Å². The van der Waals surface area contributed by atoms with Crippen molar-refractivity contribution in [3.63, 3.8) is 0 Å². The largest absolute Gasteiger partial charge is 0.350 e. The molecule has 0 radical (unpaired) electrons. The van der Waals surface area contributed by atoms with E-state index in [1.807, 2.05) is 6.92 Å². The maximum atomic E-state index is 11.6. The van der Waals surface area contributed by atoms with Gasteiger partial charge in [0.25, 0.3) is 5.91 Å². The van der Waals surface area contributed by atoms with Gasteiger partial charge < -0.3 is 5.32 Å². The zero-order valence-electron chi connectivity index (χ0n) is 16.3. The molecule has 0 fully saturated rings. The van der Waals surface area contributed by atoms with Crippen LogP contribution in [0.15, 0.2) is 0 Å². The van der Waals surface area contributed by atoms with Crippen LogP contribution in [-0.2, 0) is 9.59 Å². The molecule has 0 bridgehead atoms. The van der Waals surface area contributed by atoms with Gasteiger partial charge in [0.15, 0.2) is 0 Å². The molecule has 0 atom stereocenters. The van der Waals surface area contributed by atoms with Gasteiger partial charge in [-0.25, -0.2) is 0 Å². The van der Waals surface area contributed by atoms with Crippen LogP contribution < -0.4 is 5.32 Å². The Balaban J connectivity index is 3.20. The Morgan fingerprint density at radius 3 is 1.42 bits per heavy atom. The van der Waals surface area contributed by atoms with Crippen molar-refractivity contribution in [3.05, 3.63) is 0 Å². The summed E-state index contributed by atoms with van der Waals surface area (Å²) in [6.45, 7) is 4.85. The summed E-state index contributed by atoms with van der Waals surface area (Å²) in [6, 6.07) is 0. The zero-order chi connectivity index (χ0) is 17.9. The first-order valence-corrected chi connectivity index (χ1v) is 10.5. The highest BCUT2D eigenvalue weighted by atomic mass is 16.2. The average molecular weight is 340 g/mol. The Hall–Kier alpha value is -0.860. The Kier molecular flexibility index (Phi) is 17.8. The van der Waals surface area contributed by atoms with Gasteiger partial charge in [0.2, 0.25) is 5.78 Å². The van der Waals surface area contributed by atoms with E-state index in [1.165, 1.54) is 77.0 Å². The highest BCUT2D eigenvalue weighted by molar-refractivity contribution is 6.36. The quantitative estimate of drug-likeness (QED) is 0.247. The van der Waals surface area contributed by atoms with Crippen LogP contribution in [0.4, 0.5) is 0 Å². The van der Waals surface area contributed by atoms with Crippen molar-refractivity contribution in [3.8, 4) is 0 Å². The number of nitrogens with one attached hydrogen (secondary N) is 1. The fraction of sp³-hybridized carbons (Fsp3) is 0.905. The minimum absolute atomic E-state index is 0.248. The molecule has 0 spiro atoms. The summed E-state index contributed by atoms with van der Waals surface area (Å²) >= 11 is 0. The molecule has 0 aliphatic rings. The molecule has 0 saturated carbocycles. The van der Waals surface area contributed by atoms with E-state index >= 15 is 0 Å². The summed E-state index contributed by atoms with van der Waals surface area (Å²) in [5.41, 5.74) is 0. The summed E-state index contributed by atoms with van der Waals surface area (Å²) in [6.07, 6.45) is 19.5. The third-order valence-corrected chi connectivity index (χ3v) is 4.55. The molecule has 0 aromatic rings. The van der Waals surface area contributed by atoms with Crippen LogP contribution in [0.2, 0.25) is 0 Å². The number of carbonyl (C=O) groups excluding carboxylic acids is 2. The Labute approximate surface area is 150 Å². The minimum Gasteiger partial charge on any atom is -0.350 e. The van der Waals surface area contributed by atoms with Gasteiger partial charge in [-0.05, 0) is 12.8 Å². The van der Waals surface area contributed by atoms with Gasteiger partial charge in [0.1, 0.15) is 0 Å². The van der Waals surface area contributed by atoms with E-state index in [0.717, 1.165) is 19.3 Å². The van der Waals surface area contributed by atoms with Gasteiger partial charge in [-0.2, -0.15) is 0 Å². The number of rotatable bonds is 18. The number of ketones is 1. The first kappa shape index (κ1) is 23.1. The molecule has 0 aliphatic carbocycles. The number of unbranched alkanes of at least 4 members (excludes halogenated alkanes) is 13. The van der Waals surface area contributed by atoms with Gasteiger partial charge in [-0.3, -0.25) is 9.59 Å². The lowest BCUT2D eigenvalue weighted by Gasteiger charge is -2.04. The molecule has 0 aromatic carbocycles. The number of Topliss-reactive ketones (excluding diaryl/α,β-unsaturated/α-hetero) is 1. The Morgan fingerprint density at radius 1 is 0.583 bits per heavy atom. The van der Waals surface area contributed by atoms with E-state index in [-0.39, 0.29) is 5.78 Å². The topological polar surface area (TPSA) is 46.2 Å². The molecule has 24 heavy (non-hydrogen) atoms. The minimum atomic E-state index is -0.397. The number of carbonyl (C=O) groups is 2. The first-order chi connectivity index (χ1) is 11.7. The first-order valence-electron chi connectivity index (χ1n) is 10.5. The predicted octanol–water partition coefficient (Wildman–Crippen LogP) is 5.95. The van der Waals surface area contributed by atoms with Gasteiger partial charge in [0.05, 0.1) is 0 Å². The third-order valence-electron chi connectivity index (χ3n) is 4.55. The van der Waals surface area contributed by atoms with Crippen molar-refractivity contribution in [1.29, 1.82) is 0 Å². The molecular weight excluding hydrogens is 298 g/mol. The molecule has 3 heteroatoms. The normalized spacial score (nSPS) is 10.8. The third kappa shape index (κ3) is 16.0. The monoisotopic (exact) mass is 339 g/mol. The number of hydrogen-bond donors (Lipinski definition) is 1. The summed E-state index contributed by atoms with van der Waals surface area (Å²) in [4.78, 5) is 23.0. The Morgan fingerprint density at radius 2 is 1.00 bits per heavy atom. The molecule has 0 unspecified atom stereocenters. The molecule has 0 heterocycles. The maximum Gasteiger partial charge on any atom is 0.287 e. The maximum absolute atomic E-state index is 11.6. The average Bonchev–Trinajstić information content (AvgIpc) is 2.59. The standard InChI is InChI=1S/C21H41NO2/c1-3-5-6-7-8-9-10-11-12-13-14-15-16-17-18-20(23)21(24)22-19-4-2/h3-19H2,1-2H3,(H,22,24). The fourth-order valence-corrected chi connectivity index (χ4v) is 2.93. The second-order valence-electron chi connectivity index (χ2n) is 7.03. The second-order valence-corrected chi connectivity index (χ2v) is 7.03. The van der Waals surface area contributed by atoms with Gasteiger partial charge >= 0.3 is 0 Å². The van der Waals surface area contributed by atoms with Crippen LogP contribution in [-0.4, -0.2) is 18.2 Å². The van der Waals surface area contributed by atoms with E-state index in [1.54, 1.807) is 0 Å². The van der Waals surface area contributed by atoms with Crippen molar-refractivity contribution in [2.45, 2.75) is 117 Å². The smallest absolute Gasteiger partial charge is 0.287 e. The summed E-state index contributed by atoms with van der Waals surface area (Å²) < 4.78 is 0. The SMILES string of the molecule is CCCCCCCCCCCCCCCCC(=O)C(=O)NCCC.